The number of carbonyl (C=O) groups is 1. The highest BCUT2D eigenvalue weighted by molar-refractivity contribution is 5.72. The zero-order valence-electron chi connectivity index (χ0n) is 14.6. The third kappa shape index (κ3) is 3.91. The largest absolute Gasteiger partial charge is 0.375 e. The summed E-state index contributed by atoms with van der Waals surface area (Å²) in [6.07, 6.45) is 2.90. The molecule has 3 heterocycles. The van der Waals surface area contributed by atoms with E-state index in [1.165, 1.54) is 6.92 Å². The monoisotopic (exact) mass is 331 g/mol. The Morgan fingerprint density at radius 1 is 1.46 bits per heavy atom. The molecule has 1 fully saturated rings. The summed E-state index contributed by atoms with van der Waals surface area (Å²) in [6, 6.07) is 2.04. The van der Waals surface area contributed by atoms with Crippen molar-refractivity contribution < 1.29 is 9.53 Å². The van der Waals surface area contributed by atoms with Gasteiger partial charge in [-0.3, -0.25) is 9.69 Å². The van der Waals surface area contributed by atoms with Crippen LogP contribution >= 0.6 is 0 Å². The molecule has 0 bridgehead atoms. The van der Waals surface area contributed by atoms with Gasteiger partial charge in [-0.05, 0) is 26.3 Å². The van der Waals surface area contributed by atoms with Crippen molar-refractivity contribution in [2.75, 3.05) is 26.2 Å². The molecular weight excluding hydrogens is 306 g/mol. The molecule has 0 aromatic carbocycles. The van der Waals surface area contributed by atoms with Crippen LogP contribution in [0.1, 0.15) is 30.3 Å². The van der Waals surface area contributed by atoms with E-state index >= 15 is 0 Å². The number of ether oxygens (including phenoxy) is 1. The van der Waals surface area contributed by atoms with E-state index in [1.807, 2.05) is 30.6 Å². The molecule has 7 nitrogen and oxygen atoms in total. The molecular formula is C17H25N5O2. The Morgan fingerprint density at radius 2 is 2.29 bits per heavy atom. The maximum Gasteiger partial charge on any atom is 0.216 e. The van der Waals surface area contributed by atoms with Crippen LogP contribution < -0.4 is 5.32 Å². The number of fused-ring (bicyclic) bond motifs is 1. The van der Waals surface area contributed by atoms with Gasteiger partial charge in [-0.15, -0.1) is 0 Å². The molecule has 2 aromatic heterocycles. The first-order valence-electron chi connectivity index (χ1n) is 8.42. The molecule has 0 aliphatic carbocycles. The second-order valence-corrected chi connectivity index (χ2v) is 6.44. The van der Waals surface area contributed by atoms with E-state index in [4.69, 9.17) is 4.74 Å². The first kappa shape index (κ1) is 16.9. The molecule has 0 radical (unpaired) electrons. The molecule has 7 heteroatoms. The quantitative estimate of drug-likeness (QED) is 0.887. The number of morpholine rings is 1. The van der Waals surface area contributed by atoms with Gasteiger partial charge in [0.2, 0.25) is 5.91 Å². The van der Waals surface area contributed by atoms with Gasteiger partial charge >= 0.3 is 0 Å². The van der Waals surface area contributed by atoms with E-state index in [0.717, 1.165) is 55.3 Å². The Balaban J connectivity index is 1.64. The Bertz CT molecular complexity index is 727. The van der Waals surface area contributed by atoms with Crippen LogP contribution in [0.5, 0.6) is 0 Å². The van der Waals surface area contributed by atoms with E-state index < -0.39 is 0 Å². The Hall–Kier alpha value is -1.99. The fourth-order valence-electron chi connectivity index (χ4n) is 3.18. The summed E-state index contributed by atoms with van der Waals surface area (Å²) < 4.78 is 7.71. The predicted octanol–water partition coefficient (Wildman–Crippen LogP) is 1.07. The number of amides is 1. The van der Waals surface area contributed by atoms with Crippen molar-refractivity contribution in [2.45, 2.75) is 39.8 Å². The van der Waals surface area contributed by atoms with Gasteiger partial charge < -0.3 is 10.1 Å². The zero-order chi connectivity index (χ0) is 17.1. The number of nitrogens with zero attached hydrogens (tertiary/aromatic N) is 4. The minimum atomic E-state index is 0.00540. The number of carbonyl (C=O) groups excluding carboxylic acids is 1. The molecule has 1 atom stereocenters. The Kier molecular flexibility index (Phi) is 5.11. The lowest BCUT2D eigenvalue weighted by molar-refractivity contribution is -0.119. The molecule has 130 valence electrons. The molecule has 0 unspecified atom stereocenters. The van der Waals surface area contributed by atoms with E-state index in [2.05, 4.69) is 20.3 Å². The second kappa shape index (κ2) is 7.27. The van der Waals surface area contributed by atoms with E-state index in [1.54, 1.807) is 0 Å². The van der Waals surface area contributed by atoms with Crippen LogP contribution in [0.25, 0.3) is 5.65 Å². The highest BCUT2D eigenvalue weighted by Crippen LogP contribution is 2.16. The topological polar surface area (TPSA) is 71.8 Å². The van der Waals surface area contributed by atoms with Crippen molar-refractivity contribution in [3.8, 4) is 0 Å². The fourth-order valence-corrected chi connectivity index (χ4v) is 3.18. The molecule has 1 aliphatic heterocycles. The molecule has 1 saturated heterocycles. The normalized spacial score (nSPS) is 18.9. The third-order valence-electron chi connectivity index (χ3n) is 4.31. The number of hydrogen-bond donors (Lipinski definition) is 1. The smallest absolute Gasteiger partial charge is 0.216 e. The van der Waals surface area contributed by atoms with Gasteiger partial charge in [0.15, 0.2) is 5.65 Å². The number of rotatable bonds is 5. The standard InChI is InChI=1S/C17H25N5O2/c1-12-8-13(2)22-17(20-12)15(9-19-22)10-21-6-7-24-16(11-21)4-5-18-14(3)23/h8-9,16H,4-7,10-11H2,1-3H3,(H,18,23)/t16-/m1/s1. The predicted molar refractivity (Wildman–Crippen MR) is 90.8 cm³/mol. The first-order valence-corrected chi connectivity index (χ1v) is 8.42. The highest BCUT2D eigenvalue weighted by Gasteiger charge is 2.21. The first-order chi connectivity index (χ1) is 11.5. The van der Waals surface area contributed by atoms with Gasteiger partial charge in [-0.1, -0.05) is 0 Å². The molecule has 1 aliphatic rings. The summed E-state index contributed by atoms with van der Waals surface area (Å²) in [7, 11) is 0. The number of aryl methyl sites for hydroxylation is 2. The van der Waals surface area contributed by atoms with Crippen molar-refractivity contribution in [2.24, 2.45) is 0 Å². The highest BCUT2D eigenvalue weighted by atomic mass is 16.5. The van der Waals surface area contributed by atoms with Crippen LogP contribution in [0, 0.1) is 13.8 Å². The van der Waals surface area contributed by atoms with Gasteiger partial charge in [0.25, 0.3) is 0 Å². The maximum absolute atomic E-state index is 11.0. The van der Waals surface area contributed by atoms with E-state index in [9.17, 15) is 4.79 Å². The van der Waals surface area contributed by atoms with Crippen molar-refractivity contribution in [3.05, 3.63) is 29.2 Å². The van der Waals surface area contributed by atoms with Crippen LogP contribution in [0.4, 0.5) is 0 Å². The summed E-state index contributed by atoms with van der Waals surface area (Å²) in [5, 5.41) is 7.29. The fraction of sp³-hybridized carbons (Fsp3) is 0.588. The van der Waals surface area contributed by atoms with Crippen LogP contribution in [0.2, 0.25) is 0 Å². The van der Waals surface area contributed by atoms with Gasteiger partial charge in [0.1, 0.15) is 0 Å². The zero-order valence-corrected chi connectivity index (χ0v) is 14.6. The SMILES string of the molecule is CC(=O)NCC[C@@H]1CN(Cc2cnn3c(C)cc(C)nc23)CCO1. The van der Waals surface area contributed by atoms with Crippen LogP contribution in [-0.2, 0) is 16.1 Å². The lowest BCUT2D eigenvalue weighted by Crippen LogP contribution is -2.43. The maximum atomic E-state index is 11.0. The van der Waals surface area contributed by atoms with Crippen molar-refractivity contribution >= 4 is 11.6 Å². The average molecular weight is 331 g/mol. The van der Waals surface area contributed by atoms with Crippen molar-refractivity contribution in [1.82, 2.24) is 24.8 Å². The third-order valence-corrected chi connectivity index (χ3v) is 4.31. The van der Waals surface area contributed by atoms with Crippen molar-refractivity contribution in [3.63, 3.8) is 0 Å². The molecule has 24 heavy (non-hydrogen) atoms. The average Bonchev–Trinajstić information content (AvgIpc) is 2.90. The number of nitrogens with one attached hydrogen (secondary N) is 1. The van der Waals surface area contributed by atoms with Crippen molar-refractivity contribution in [1.29, 1.82) is 0 Å². The van der Waals surface area contributed by atoms with Crippen LogP contribution in [-0.4, -0.2) is 57.8 Å². The molecule has 0 saturated carbocycles. The lowest BCUT2D eigenvalue weighted by Gasteiger charge is -2.32. The van der Waals surface area contributed by atoms with E-state index in [-0.39, 0.29) is 12.0 Å². The number of hydrogen-bond acceptors (Lipinski definition) is 5. The Labute approximate surface area is 142 Å². The second-order valence-electron chi connectivity index (χ2n) is 6.44. The minimum absolute atomic E-state index is 0.00540. The molecule has 0 spiro atoms. The van der Waals surface area contributed by atoms with Gasteiger partial charge in [0, 0.05) is 50.1 Å². The van der Waals surface area contributed by atoms with E-state index in [0.29, 0.717) is 6.54 Å². The van der Waals surface area contributed by atoms with Crippen LogP contribution in [0.3, 0.4) is 0 Å². The molecule has 3 rings (SSSR count). The summed E-state index contributed by atoms with van der Waals surface area (Å²) >= 11 is 0. The molecule has 1 amide bonds. The van der Waals surface area contributed by atoms with Crippen LogP contribution in [0.15, 0.2) is 12.3 Å². The summed E-state index contributed by atoms with van der Waals surface area (Å²) in [5.74, 6) is 0.00540. The van der Waals surface area contributed by atoms with Gasteiger partial charge in [0.05, 0.1) is 18.9 Å². The Morgan fingerprint density at radius 3 is 3.08 bits per heavy atom. The summed E-state index contributed by atoms with van der Waals surface area (Å²) in [6.45, 7) is 9.55. The van der Waals surface area contributed by atoms with Gasteiger partial charge in [-0.2, -0.15) is 5.10 Å². The summed E-state index contributed by atoms with van der Waals surface area (Å²) in [5.41, 5.74) is 4.19. The van der Waals surface area contributed by atoms with Gasteiger partial charge in [-0.25, -0.2) is 9.50 Å². The lowest BCUT2D eigenvalue weighted by atomic mass is 10.2. The molecule has 1 N–H and O–H groups in total. The molecule has 2 aromatic rings. The summed E-state index contributed by atoms with van der Waals surface area (Å²) in [4.78, 5) is 18.0. The minimum Gasteiger partial charge on any atom is -0.375 e. The number of aromatic nitrogens is 3.